The number of hydrogen-bond donors (Lipinski definition) is 1. The second-order valence-corrected chi connectivity index (χ2v) is 4.99. The molecular weight excluding hydrogens is 198 g/mol. The van der Waals surface area contributed by atoms with Crippen LogP contribution in [0.4, 0.5) is 0 Å². The van der Waals surface area contributed by atoms with E-state index in [1.165, 1.54) is 5.56 Å². The highest BCUT2D eigenvalue weighted by atomic mass is 15.2. The molecule has 0 saturated carbocycles. The molecule has 90 valence electrons. The van der Waals surface area contributed by atoms with Crippen molar-refractivity contribution in [1.29, 1.82) is 0 Å². The van der Waals surface area contributed by atoms with Gasteiger partial charge in [0.15, 0.2) is 0 Å². The molecule has 0 aliphatic rings. The summed E-state index contributed by atoms with van der Waals surface area (Å²) in [5.74, 6) is 0. The van der Waals surface area contributed by atoms with Gasteiger partial charge in [-0.3, -0.25) is 9.88 Å². The molecule has 1 aromatic heterocycles. The summed E-state index contributed by atoms with van der Waals surface area (Å²) in [4.78, 5) is 6.58. The molecule has 0 saturated heterocycles. The van der Waals surface area contributed by atoms with Crippen molar-refractivity contribution >= 4 is 0 Å². The fraction of sp³-hybridized carbons (Fsp3) is 0.615. The molecule has 0 aromatic carbocycles. The molecular formula is C13H23N3. The lowest BCUT2D eigenvalue weighted by molar-refractivity contribution is 0.0918. The van der Waals surface area contributed by atoms with E-state index >= 15 is 0 Å². The summed E-state index contributed by atoms with van der Waals surface area (Å²) in [6.45, 7) is 10.4. The number of nitrogens with zero attached hydrogens (tertiary/aromatic N) is 2. The Morgan fingerprint density at radius 1 is 1.44 bits per heavy atom. The summed E-state index contributed by atoms with van der Waals surface area (Å²) < 4.78 is 0. The molecule has 3 nitrogen and oxygen atoms in total. The third kappa shape index (κ3) is 3.03. The number of aromatic nitrogens is 1. The summed E-state index contributed by atoms with van der Waals surface area (Å²) in [7, 11) is 0. The van der Waals surface area contributed by atoms with Gasteiger partial charge in [0.25, 0.3) is 0 Å². The van der Waals surface area contributed by atoms with Crippen LogP contribution in [0.3, 0.4) is 0 Å². The molecule has 1 atom stereocenters. The molecule has 0 bridgehead atoms. The summed E-state index contributed by atoms with van der Waals surface area (Å²) in [6, 6.07) is 4.31. The van der Waals surface area contributed by atoms with E-state index in [0.717, 1.165) is 6.54 Å². The highest BCUT2D eigenvalue weighted by Crippen LogP contribution is 2.26. The summed E-state index contributed by atoms with van der Waals surface area (Å²) in [5.41, 5.74) is 7.22. The maximum absolute atomic E-state index is 5.91. The molecule has 0 amide bonds. The smallest absolute Gasteiger partial charge is 0.0490 e. The fourth-order valence-electron chi connectivity index (χ4n) is 2.18. The Labute approximate surface area is 98.7 Å². The Bertz CT molecular complexity index is 303. The average Bonchev–Trinajstić information content (AvgIpc) is 2.25. The van der Waals surface area contributed by atoms with Gasteiger partial charge in [0.1, 0.15) is 0 Å². The molecule has 0 fully saturated rings. The van der Waals surface area contributed by atoms with Crippen LogP contribution in [-0.4, -0.2) is 28.5 Å². The minimum Gasteiger partial charge on any atom is -0.329 e. The number of hydrogen-bond acceptors (Lipinski definition) is 3. The SMILES string of the molecule is CCN(C(CN)c1cccnc1)C(C)(C)C. The van der Waals surface area contributed by atoms with Crippen LogP contribution in [0.2, 0.25) is 0 Å². The lowest BCUT2D eigenvalue weighted by atomic mass is 9.99. The first-order chi connectivity index (χ1) is 7.50. The molecule has 1 unspecified atom stereocenters. The van der Waals surface area contributed by atoms with Gasteiger partial charge in [-0.25, -0.2) is 0 Å². The summed E-state index contributed by atoms with van der Waals surface area (Å²) in [6.07, 6.45) is 3.70. The van der Waals surface area contributed by atoms with Crippen LogP contribution in [-0.2, 0) is 0 Å². The number of rotatable bonds is 4. The van der Waals surface area contributed by atoms with Gasteiger partial charge in [-0.2, -0.15) is 0 Å². The van der Waals surface area contributed by atoms with Crippen LogP contribution < -0.4 is 5.73 Å². The first-order valence-corrected chi connectivity index (χ1v) is 5.87. The van der Waals surface area contributed by atoms with Gasteiger partial charge in [0, 0.05) is 30.5 Å². The largest absolute Gasteiger partial charge is 0.329 e. The van der Waals surface area contributed by atoms with E-state index in [1.807, 2.05) is 12.3 Å². The Balaban J connectivity index is 2.97. The second kappa shape index (κ2) is 5.41. The van der Waals surface area contributed by atoms with E-state index in [2.05, 4.69) is 43.6 Å². The molecule has 16 heavy (non-hydrogen) atoms. The van der Waals surface area contributed by atoms with E-state index < -0.39 is 0 Å². The zero-order valence-corrected chi connectivity index (χ0v) is 10.8. The predicted molar refractivity (Wildman–Crippen MR) is 68.2 cm³/mol. The summed E-state index contributed by atoms with van der Waals surface area (Å²) in [5, 5.41) is 0. The topological polar surface area (TPSA) is 42.1 Å². The Morgan fingerprint density at radius 2 is 2.12 bits per heavy atom. The lowest BCUT2D eigenvalue weighted by Crippen LogP contribution is -2.46. The van der Waals surface area contributed by atoms with Crippen molar-refractivity contribution < 1.29 is 0 Å². The van der Waals surface area contributed by atoms with Gasteiger partial charge < -0.3 is 5.73 Å². The normalized spacial score (nSPS) is 14.1. The Kier molecular flexibility index (Phi) is 4.44. The van der Waals surface area contributed by atoms with Crippen molar-refractivity contribution in [1.82, 2.24) is 9.88 Å². The van der Waals surface area contributed by atoms with Crippen LogP contribution in [0, 0.1) is 0 Å². The number of pyridine rings is 1. The highest BCUT2D eigenvalue weighted by molar-refractivity contribution is 5.15. The van der Waals surface area contributed by atoms with E-state index in [-0.39, 0.29) is 11.6 Å². The summed E-state index contributed by atoms with van der Waals surface area (Å²) >= 11 is 0. The minimum atomic E-state index is 0.120. The molecule has 0 aliphatic heterocycles. The third-order valence-corrected chi connectivity index (χ3v) is 2.87. The van der Waals surface area contributed by atoms with E-state index in [9.17, 15) is 0 Å². The van der Waals surface area contributed by atoms with Crippen LogP contribution in [0.5, 0.6) is 0 Å². The zero-order valence-electron chi connectivity index (χ0n) is 10.8. The molecule has 1 heterocycles. The lowest BCUT2D eigenvalue weighted by Gasteiger charge is -2.40. The molecule has 2 N–H and O–H groups in total. The standard InChI is InChI=1S/C13H23N3/c1-5-16(13(2,3)4)12(9-14)11-7-6-8-15-10-11/h6-8,10,12H,5,9,14H2,1-4H3. The molecule has 0 spiro atoms. The number of nitrogens with two attached hydrogens (primary N) is 1. The van der Waals surface area contributed by atoms with Gasteiger partial charge >= 0.3 is 0 Å². The first kappa shape index (κ1) is 13.1. The Morgan fingerprint density at radius 3 is 2.50 bits per heavy atom. The van der Waals surface area contributed by atoms with Crippen molar-refractivity contribution in [2.24, 2.45) is 5.73 Å². The van der Waals surface area contributed by atoms with Gasteiger partial charge in [-0.15, -0.1) is 0 Å². The third-order valence-electron chi connectivity index (χ3n) is 2.87. The Hall–Kier alpha value is -0.930. The highest BCUT2D eigenvalue weighted by Gasteiger charge is 2.27. The second-order valence-electron chi connectivity index (χ2n) is 4.99. The van der Waals surface area contributed by atoms with Crippen molar-refractivity contribution in [2.45, 2.75) is 39.3 Å². The van der Waals surface area contributed by atoms with Crippen LogP contribution >= 0.6 is 0 Å². The van der Waals surface area contributed by atoms with Crippen molar-refractivity contribution in [3.05, 3.63) is 30.1 Å². The van der Waals surface area contributed by atoms with E-state index in [0.29, 0.717) is 6.54 Å². The molecule has 3 heteroatoms. The minimum absolute atomic E-state index is 0.120. The first-order valence-electron chi connectivity index (χ1n) is 5.87. The van der Waals surface area contributed by atoms with Crippen LogP contribution in [0.1, 0.15) is 39.3 Å². The average molecular weight is 221 g/mol. The fourth-order valence-corrected chi connectivity index (χ4v) is 2.18. The van der Waals surface area contributed by atoms with E-state index in [4.69, 9.17) is 5.73 Å². The van der Waals surface area contributed by atoms with Crippen molar-refractivity contribution in [2.75, 3.05) is 13.1 Å². The van der Waals surface area contributed by atoms with Gasteiger partial charge in [0.2, 0.25) is 0 Å². The van der Waals surface area contributed by atoms with Gasteiger partial charge in [-0.05, 0) is 38.9 Å². The zero-order chi connectivity index (χ0) is 12.2. The molecule has 0 radical (unpaired) electrons. The van der Waals surface area contributed by atoms with Gasteiger partial charge in [0.05, 0.1) is 0 Å². The maximum atomic E-state index is 5.91. The molecule has 1 aromatic rings. The quantitative estimate of drug-likeness (QED) is 0.847. The monoisotopic (exact) mass is 221 g/mol. The molecule has 1 rings (SSSR count). The van der Waals surface area contributed by atoms with Crippen molar-refractivity contribution in [3.63, 3.8) is 0 Å². The predicted octanol–water partition coefficient (Wildman–Crippen LogP) is 2.20. The van der Waals surface area contributed by atoms with Crippen molar-refractivity contribution in [3.8, 4) is 0 Å². The van der Waals surface area contributed by atoms with Gasteiger partial charge in [-0.1, -0.05) is 13.0 Å². The molecule has 0 aliphatic carbocycles. The van der Waals surface area contributed by atoms with Crippen LogP contribution in [0.15, 0.2) is 24.5 Å². The van der Waals surface area contributed by atoms with E-state index in [1.54, 1.807) is 6.20 Å². The number of likely N-dealkylation sites (N-methyl/N-ethyl adjacent to an activating group) is 1. The maximum Gasteiger partial charge on any atom is 0.0490 e. The van der Waals surface area contributed by atoms with Crippen LogP contribution in [0.25, 0.3) is 0 Å².